The number of aromatic nitrogens is 2. The van der Waals surface area contributed by atoms with Gasteiger partial charge in [0.1, 0.15) is 5.69 Å². The molecule has 6 heteroatoms. The number of nitrogens with zero attached hydrogens (tertiary/aromatic N) is 5. The van der Waals surface area contributed by atoms with Crippen LogP contribution < -0.4 is 4.90 Å². The molecule has 0 unspecified atom stereocenters. The van der Waals surface area contributed by atoms with Gasteiger partial charge in [-0.3, -0.25) is 9.78 Å². The Hall–Kier alpha value is -3.41. The SMILES string of the molecule is CCCN1C(=O)/C(=N/N=C\c2cnc3ccccc3n2)c2ccccc21. The molecule has 128 valence electrons. The molecule has 1 aromatic heterocycles. The molecule has 0 bridgehead atoms. The summed E-state index contributed by atoms with van der Waals surface area (Å²) < 4.78 is 0. The minimum absolute atomic E-state index is 0.116. The van der Waals surface area contributed by atoms with Crippen molar-refractivity contribution in [2.75, 3.05) is 11.4 Å². The van der Waals surface area contributed by atoms with Crippen LogP contribution in [0.25, 0.3) is 11.0 Å². The molecule has 4 rings (SSSR count). The zero-order valence-corrected chi connectivity index (χ0v) is 14.3. The van der Waals surface area contributed by atoms with E-state index in [1.165, 1.54) is 6.21 Å². The van der Waals surface area contributed by atoms with Gasteiger partial charge in [-0.15, -0.1) is 5.10 Å². The molecule has 0 spiro atoms. The van der Waals surface area contributed by atoms with Crippen LogP contribution in [-0.2, 0) is 4.79 Å². The normalized spacial score (nSPS) is 15.3. The molecule has 2 heterocycles. The fourth-order valence-corrected chi connectivity index (χ4v) is 2.98. The standard InChI is InChI=1S/C20H17N5O/c1-2-11-25-18-10-6-3-7-15(18)19(20(25)26)24-22-13-14-12-21-16-8-4-5-9-17(16)23-14/h3-10,12-13H,2,11H2,1H3/b22-13-,24-19+. The van der Waals surface area contributed by atoms with Crippen LogP contribution >= 0.6 is 0 Å². The number of hydrogen-bond donors (Lipinski definition) is 0. The molecule has 3 aromatic rings. The molecule has 0 aliphatic carbocycles. The van der Waals surface area contributed by atoms with Crippen LogP contribution in [0.3, 0.4) is 0 Å². The molecular weight excluding hydrogens is 326 g/mol. The zero-order valence-electron chi connectivity index (χ0n) is 14.3. The highest BCUT2D eigenvalue weighted by molar-refractivity contribution is 6.54. The zero-order chi connectivity index (χ0) is 17.9. The third-order valence-electron chi connectivity index (χ3n) is 4.16. The van der Waals surface area contributed by atoms with Crippen LogP contribution in [0.1, 0.15) is 24.6 Å². The summed E-state index contributed by atoms with van der Waals surface area (Å²) in [6, 6.07) is 15.3. The molecular formula is C20H17N5O. The van der Waals surface area contributed by atoms with Gasteiger partial charge in [-0.25, -0.2) is 4.98 Å². The second-order valence-electron chi connectivity index (χ2n) is 5.95. The Bertz CT molecular complexity index is 1040. The van der Waals surface area contributed by atoms with Crippen LogP contribution in [0.5, 0.6) is 0 Å². The van der Waals surface area contributed by atoms with E-state index in [0.29, 0.717) is 18.0 Å². The van der Waals surface area contributed by atoms with E-state index in [2.05, 4.69) is 20.2 Å². The van der Waals surface area contributed by atoms with Gasteiger partial charge in [0.15, 0.2) is 5.71 Å². The monoisotopic (exact) mass is 343 g/mol. The van der Waals surface area contributed by atoms with Crippen LogP contribution in [0.4, 0.5) is 5.69 Å². The first-order valence-electron chi connectivity index (χ1n) is 8.52. The van der Waals surface area contributed by atoms with E-state index < -0.39 is 0 Å². The molecule has 1 aliphatic heterocycles. The number of hydrogen-bond acceptors (Lipinski definition) is 5. The van der Waals surface area contributed by atoms with E-state index in [1.807, 2.05) is 55.5 Å². The summed E-state index contributed by atoms with van der Waals surface area (Å²) >= 11 is 0. The van der Waals surface area contributed by atoms with Gasteiger partial charge in [-0.05, 0) is 24.6 Å². The van der Waals surface area contributed by atoms with Gasteiger partial charge in [0.25, 0.3) is 5.91 Å². The maximum Gasteiger partial charge on any atom is 0.279 e. The summed E-state index contributed by atoms with van der Waals surface area (Å²) in [4.78, 5) is 23.2. The van der Waals surface area contributed by atoms with E-state index in [0.717, 1.165) is 28.7 Å². The number of carbonyl (C=O) groups excluding carboxylic acids is 1. The largest absolute Gasteiger partial charge is 0.306 e. The first-order valence-corrected chi connectivity index (χ1v) is 8.52. The highest BCUT2D eigenvalue weighted by Gasteiger charge is 2.33. The Morgan fingerprint density at radius 1 is 1.08 bits per heavy atom. The maximum atomic E-state index is 12.7. The fourth-order valence-electron chi connectivity index (χ4n) is 2.98. The minimum Gasteiger partial charge on any atom is -0.306 e. The quantitative estimate of drug-likeness (QED) is 0.539. The molecule has 6 nitrogen and oxygen atoms in total. The smallest absolute Gasteiger partial charge is 0.279 e. The van der Waals surface area contributed by atoms with Crippen molar-refractivity contribution in [2.24, 2.45) is 10.2 Å². The lowest BCUT2D eigenvalue weighted by Crippen LogP contribution is -2.30. The molecule has 26 heavy (non-hydrogen) atoms. The second-order valence-corrected chi connectivity index (χ2v) is 5.95. The van der Waals surface area contributed by atoms with E-state index in [-0.39, 0.29) is 5.91 Å². The Labute approximate surface area is 150 Å². The fraction of sp³-hybridized carbons (Fsp3) is 0.150. The van der Waals surface area contributed by atoms with Gasteiger partial charge in [0.05, 0.1) is 29.1 Å². The molecule has 2 aromatic carbocycles. The average molecular weight is 343 g/mol. The first-order chi connectivity index (χ1) is 12.8. The van der Waals surface area contributed by atoms with Crippen molar-refractivity contribution in [3.63, 3.8) is 0 Å². The maximum absolute atomic E-state index is 12.7. The van der Waals surface area contributed by atoms with Crippen molar-refractivity contribution >= 4 is 34.6 Å². The Morgan fingerprint density at radius 3 is 2.69 bits per heavy atom. The summed E-state index contributed by atoms with van der Waals surface area (Å²) in [5.74, 6) is -0.116. The first kappa shape index (κ1) is 16.1. The van der Waals surface area contributed by atoms with Gasteiger partial charge >= 0.3 is 0 Å². The number of benzene rings is 2. The van der Waals surface area contributed by atoms with Crippen molar-refractivity contribution in [3.8, 4) is 0 Å². The Kier molecular flexibility index (Phi) is 4.23. The number of rotatable bonds is 4. The average Bonchev–Trinajstić information content (AvgIpc) is 2.94. The number of para-hydroxylation sites is 3. The third-order valence-corrected chi connectivity index (χ3v) is 4.16. The van der Waals surface area contributed by atoms with Crippen LogP contribution in [0.2, 0.25) is 0 Å². The van der Waals surface area contributed by atoms with Crippen LogP contribution in [0, 0.1) is 0 Å². The molecule has 1 aliphatic rings. The third kappa shape index (κ3) is 2.86. The lowest BCUT2D eigenvalue weighted by Gasteiger charge is -2.14. The summed E-state index contributed by atoms with van der Waals surface area (Å²) in [5, 5.41) is 8.27. The van der Waals surface area contributed by atoms with E-state index >= 15 is 0 Å². The number of amides is 1. The van der Waals surface area contributed by atoms with Crippen LogP contribution in [-0.4, -0.2) is 34.3 Å². The predicted molar refractivity (Wildman–Crippen MR) is 103 cm³/mol. The van der Waals surface area contributed by atoms with Crippen LogP contribution in [0.15, 0.2) is 64.9 Å². The lowest BCUT2D eigenvalue weighted by molar-refractivity contribution is -0.112. The minimum atomic E-state index is -0.116. The summed E-state index contributed by atoms with van der Waals surface area (Å²) in [6.07, 6.45) is 4.04. The molecule has 0 atom stereocenters. The number of anilines is 1. The van der Waals surface area contributed by atoms with Gasteiger partial charge in [-0.2, -0.15) is 5.10 Å². The summed E-state index contributed by atoms with van der Waals surface area (Å²) in [6.45, 7) is 2.70. The lowest BCUT2D eigenvalue weighted by atomic mass is 10.1. The van der Waals surface area contributed by atoms with Gasteiger partial charge in [0.2, 0.25) is 0 Å². The number of fused-ring (bicyclic) bond motifs is 2. The molecule has 1 amide bonds. The van der Waals surface area contributed by atoms with Gasteiger partial charge in [0, 0.05) is 12.1 Å². The summed E-state index contributed by atoms with van der Waals surface area (Å²) in [5.41, 5.74) is 4.27. The van der Waals surface area contributed by atoms with Gasteiger partial charge < -0.3 is 4.90 Å². The van der Waals surface area contributed by atoms with E-state index in [1.54, 1.807) is 11.1 Å². The highest BCUT2D eigenvalue weighted by Crippen LogP contribution is 2.29. The molecule has 0 N–H and O–H groups in total. The second kappa shape index (κ2) is 6.84. The molecule has 0 saturated carbocycles. The Balaban J connectivity index is 1.65. The highest BCUT2D eigenvalue weighted by atomic mass is 16.2. The molecule has 0 fully saturated rings. The number of carbonyl (C=O) groups is 1. The summed E-state index contributed by atoms with van der Waals surface area (Å²) in [7, 11) is 0. The van der Waals surface area contributed by atoms with Gasteiger partial charge in [-0.1, -0.05) is 37.3 Å². The topological polar surface area (TPSA) is 70.8 Å². The van der Waals surface area contributed by atoms with Crippen molar-refractivity contribution in [3.05, 3.63) is 66.0 Å². The van der Waals surface area contributed by atoms with Crippen molar-refractivity contribution in [2.45, 2.75) is 13.3 Å². The van der Waals surface area contributed by atoms with Crippen molar-refractivity contribution < 1.29 is 4.79 Å². The van der Waals surface area contributed by atoms with Crippen molar-refractivity contribution in [1.29, 1.82) is 0 Å². The van der Waals surface area contributed by atoms with Crippen molar-refractivity contribution in [1.82, 2.24) is 9.97 Å². The van der Waals surface area contributed by atoms with E-state index in [4.69, 9.17) is 0 Å². The van der Waals surface area contributed by atoms with E-state index in [9.17, 15) is 4.79 Å². The molecule has 0 saturated heterocycles. The Morgan fingerprint density at radius 2 is 1.85 bits per heavy atom. The molecule has 0 radical (unpaired) electrons. The predicted octanol–water partition coefficient (Wildman–Crippen LogP) is 3.21.